The number of rotatable bonds is 8. The molecule has 6 nitrogen and oxygen atoms in total. The first-order chi connectivity index (χ1) is 12.3. The maximum absolute atomic E-state index is 12.9. The van der Waals surface area contributed by atoms with Gasteiger partial charge in [0.1, 0.15) is 6.10 Å². The van der Waals surface area contributed by atoms with E-state index in [1.807, 2.05) is 0 Å². The zero-order valence-corrected chi connectivity index (χ0v) is 17.3. The van der Waals surface area contributed by atoms with Crippen molar-refractivity contribution in [2.45, 2.75) is 73.5 Å². The van der Waals surface area contributed by atoms with Crippen molar-refractivity contribution in [2.24, 2.45) is 5.92 Å². The first-order valence-corrected chi connectivity index (χ1v) is 9.80. The number of ether oxygens (including phenoxy) is 4. The average molecular weight is 411 g/mol. The molecule has 0 aromatic carbocycles. The van der Waals surface area contributed by atoms with Gasteiger partial charge >= 0.3 is 11.9 Å². The van der Waals surface area contributed by atoms with Crippen molar-refractivity contribution in [1.82, 2.24) is 0 Å². The smallest absolute Gasteiger partial charge is 0.333 e. The van der Waals surface area contributed by atoms with Crippen LogP contribution in [0.4, 0.5) is 0 Å². The van der Waals surface area contributed by atoms with Gasteiger partial charge in [-0.2, -0.15) is 0 Å². The van der Waals surface area contributed by atoms with Crippen LogP contribution in [-0.4, -0.2) is 54.9 Å². The van der Waals surface area contributed by atoms with Crippen LogP contribution in [0.15, 0.2) is 0 Å². The van der Waals surface area contributed by atoms with Gasteiger partial charge in [-0.15, -0.1) is 23.2 Å². The molecule has 8 heteroatoms. The van der Waals surface area contributed by atoms with E-state index in [-0.39, 0.29) is 12.5 Å². The molecule has 1 saturated heterocycles. The van der Waals surface area contributed by atoms with Crippen molar-refractivity contribution < 1.29 is 28.5 Å². The first-order valence-electron chi connectivity index (χ1n) is 9.05. The fourth-order valence-corrected chi connectivity index (χ4v) is 5.52. The number of fused-ring (bicyclic) bond motifs is 1. The highest BCUT2D eigenvalue weighted by molar-refractivity contribution is 6.41. The highest BCUT2D eigenvalue weighted by Crippen LogP contribution is 2.62. The molecule has 0 bridgehead atoms. The molecule has 150 valence electrons. The van der Waals surface area contributed by atoms with Crippen molar-refractivity contribution in [3.05, 3.63) is 0 Å². The molecule has 1 aliphatic carbocycles. The van der Waals surface area contributed by atoms with E-state index in [1.54, 1.807) is 0 Å². The van der Waals surface area contributed by atoms with Gasteiger partial charge in [0, 0.05) is 20.1 Å². The second kappa shape index (κ2) is 8.21. The van der Waals surface area contributed by atoms with Crippen LogP contribution in [0.2, 0.25) is 0 Å². The van der Waals surface area contributed by atoms with Crippen molar-refractivity contribution in [2.75, 3.05) is 21.3 Å². The molecule has 2 rings (SSSR count). The third-order valence-electron chi connectivity index (χ3n) is 5.67. The quantitative estimate of drug-likeness (QED) is 0.264. The topological polar surface area (TPSA) is 71.1 Å². The largest absolute Gasteiger partial charge is 0.468 e. The summed E-state index contributed by atoms with van der Waals surface area (Å²) in [5.74, 6) is -3.72. The van der Waals surface area contributed by atoms with Crippen molar-refractivity contribution in [1.29, 1.82) is 0 Å². The van der Waals surface area contributed by atoms with Gasteiger partial charge in [-0.3, -0.25) is 0 Å². The number of carbonyl (C=O) groups excluding carboxylic acids is 2. The Hall–Kier alpha value is -0.560. The molecule has 1 saturated carbocycles. The fraction of sp³-hybridized carbons (Fsp3) is 0.889. The third-order valence-corrected chi connectivity index (χ3v) is 6.94. The molecule has 4 atom stereocenters. The molecule has 0 N–H and O–H groups in total. The highest BCUT2D eigenvalue weighted by atomic mass is 35.5. The normalized spacial score (nSPS) is 35.7. The maximum atomic E-state index is 12.9. The van der Waals surface area contributed by atoms with E-state index in [4.69, 9.17) is 42.1 Å². The van der Waals surface area contributed by atoms with Gasteiger partial charge in [0.2, 0.25) is 10.7 Å². The van der Waals surface area contributed by atoms with E-state index < -0.39 is 33.4 Å². The van der Waals surface area contributed by atoms with Gasteiger partial charge < -0.3 is 18.9 Å². The van der Waals surface area contributed by atoms with Crippen LogP contribution in [0, 0.1) is 5.92 Å². The Kier molecular flexibility index (Phi) is 6.86. The number of carbonyl (C=O) groups is 2. The predicted octanol–water partition coefficient (Wildman–Crippen LogP) is 3.41. The molecule has 0 radical (unpaired) electrons. The lowest BCUT2D eigenvalue weighted by molar-refractivity contribution is -0.249. The highest BCUT2D eigenvalue weighted by Gasteiger charge is 2.81. The minimum atomic E-state index is -1.88. The molecule has 2 aliphatic rings. The van der Waals surface area contributed by atoms with Crippen LogP contribution >= 0.6 is 23.2 Å². The molecule has 1 heterocycles. The molecule has 0 spiro atoms. The summed E-state index contributed by atoms with van der Waals surface area (Å²) in [6.07, 6.45) is 5.45. The van der Waals surface area contributed by atoms with Crippen LogP contribution in [0.5, 0.6) is 0 Å². The first kappa shape index (κ1) is 21.7. The van der Waals surface area contributed by atoms with Gasteiger partial charge in [0.05, 0.1) is 7.11 Å². The molecule has 0 unspecified atom stereocenters. The molecule has 2 fully saturated rings. The third kappa shape index (κ3) is 3.03. The Balaban J connectivity index is 2.31. The molecule has 0 aromatic rings. The Bertz CT molecular complexity index is 538. The van der Waals surface area contributed by atoms with Crippen molar-refractivity contribution in [3.8, 4) is 0 Å². The summed E-state index contributed by atoms with van der Waals surface area (Å²) in [4.78, 5) is 21.9. The minimum absolute atomic E-state index is 0.104. The van der Waals surface area contributed by atoms with E-state index >= 15 is 0 Å². The van der Waals surface area contributed by atoms with Gasteiger partial charge in [0.25, 0.3) is 0 Å². The number of cyclic esters (lactones) is 1. The number of halogens is 2. The summed E-state index contributed by atoms with van der Waals surface area (Å²) in [6, 6.07) is 0. The number of hydrogen-bond acceptors (Lipinski definition) is 6. The Morgan fingerprint density at radius 1 is 1.19 bits per heavy atom. The van der Waals surface area contributed by atoms with Crippen LogP contribution in [-0.2, 0) is 28.5 Å². The lowest BCUT2D eigenvalue weighted by atomic mass is 9.83. The molecular weight excluding hydrogens is 383 g/mol. The zero-order valence-electron chi connectivity index (χ0n) is 15.8. The standard InChI is InChI=1S/C18H28Cl2O6/c1-5-6-7-8-9-13-10-12-11-16(19,14(21)23-2)18(24-3,25-4)17(12,20)15(22)26-13/h12-13H,5-11H2,1-4H3/t12-,13+,16+,17-/m0/s1. The lowest BCUT2D eigenvalue weighted by Gasteiger charge is -2.46. The number of hydrogen-bond donors (Lipinski definition) is 0. The minimum Gasteiger partial charge on any atom is -0.468 e. The average Bonchev–Trinajstić information content (AvgIpc) is 2.83. The number of unbranched alkanes of at least 4 members (excludes halogenated alkanes) is 3. The molecule has 0 amide bonds. The van der Waals surface area contributed by atoms with Crippen LogP contribution < -0.4 is 0 Å². The zero-order chi connectivity index (χ0) is 19.6. The summed E-state index contributed by atoms with van der Waals surface area (Å²) >= 11 is 13.4. The number of alkyl halides is 2. The van der Waals surface area contributed by atoms with E-state index in [9.17, 15) is 9.59 Å². The van der Waals surface area contributed by atoms with Crippen molar-refractivity contribution in [3.63, 3.8) is 0 Å². The second-order valence-electron chi connectivity index (χ2n) is 7.04. The van der Waals surface area contributed by atoms with Gasteiger partial charge in [0.15, 0.2) is 4.87 Å². The summed E-state index contributed by atoms with van der Waals surface area (Å²) in [6.45, 7) is 2.14. The second-order valence-corrected chi connectivity index (χ2v) is 8.28. The predicted molar refractivity (Wildman–Crippen MR) is 97.3 cm³/mol. The van der Waals surface area contributed by atoms with E-state index in [2.05, 4.69) is 6.92 Å². The van der Waals surface area contributed by atoms with Crippen LogP contribution in [0.3, 0.4) is 0 Å². The summed E-state index contributed by atoms with van der Waals surface area (Å²) in [7, 11) is 3.83. The maximum Gasteiger partial charge on any atom is 0.333 e. The SMILES string of the molecule is CCCCCC[C@@H]1C[C@H]2C[C@@](Cl)(C(=O)OC)C(OC)(OC)[C@@]2(Cl)C(=O)O1. The van der Waals surface area contributed by atoms with Gasteiger partial charge in [-0.25, -0.2) is 9.59 Å². The van der Waals surface area contributed by atoms with Crippen molar-refractivity contribution >= 4 is 35.1 Å². The fourth-order valence-electron chi connectivity index (χ4n) is 4.38. The Labute approximate surface area is 164 Å². The van der Waals surface area contributed by atoms with Crippen LogP contribution in [0.25, 0.3) is 0 Å². The Morgan fingerprint density at radius 3 is 2.38 bits per heavy atom. The summed E-state index contributed by atoms with van der Waals surface area (Å²) in [5.41, 5.74) is 0. The van der Waals surface area contributed by atoms with Crippen LogP contribution in [0.1, 0.15) is 51.9 Å². The Morgan fingerprint density at radius 2 is 1.85 bits per heavy atom. The molecular formula is C18H28Cl2O6. The van der Waals surface area contributed by atoms with E-state index in [0.29, 0.717) is 6.42 Å². The molecule has 0 aromatic heterocycles. The van der Waals surface area contributed by atoms with E-state index in [1.165, 1.54) is 21.3 Å². The van der Waals surface area contributed by atoms with Gasteiger partial charge in [-0.05, 0) is 25.7 Å². The molecule has 1 aliphatic heterocycles. The van der Waals surface area contributed by atoms with E-state index in [0.717, 1.165) is 32.1 Å². The number of methoxy groups -OCH3 is 3. The summed E-state index contributed by atoms with van der Waals surface area (Å²) < 4.78 is 21.4. The van der Waals surface area contributed by atoms with Gasteiger partial charge in [-0.1, -0.05) is 26.2 Å². The monoisotopic (exact) mass is 410 g/mol. The number of esters is 2. The molecule has 26 heavy (non-hydrogen) atoms. The lowest BCUT2D eigenvalue weighted by Crippen LogP contribution is -2.68. The summed E-state index contributed by atoms with van der Waals surface area (Å²) in [5, 5.41) is 0.